The molecule has 1 unspecified atom stereocenters. The molecule has 7 heteroatoms. The van der Waals surface area contributed by atoms with Crippen LogP contribution in [0.2, 0.25) is 0 Å². The summed E-state index contributed by atoms with van der Waals surface area (Å²) in [5.74, 6) is 0.0511. The highest BCUT2D eigenvalue weighted by molar-refractivity contribution is 7.90. The van der Waals surface area contributed by atoms with Crippen molar-refractivity contribution >= 4 is 9.84 Å². The zero-order chi connectivity index (χ0) is 15.2. The minimum absolute atomic E-state index is 0.0202. The number of nitrogens with one attached hydrogen (secondary N) is 1. The first-order valence-electron chi connectivity index (χ1n) is 6.28. The van der Waals surface area contributed by atoms with E-state index in [2.05, 4.69) is 10.1 Å². The molecule has 1 atom stereocenters. The number of halogens is 2. The maximum atomic E-state index is 12.4. The minimum Gasteiger partial charge on any atom is -0.434 e. The van der Waals surface area contributed by atoms with E-state index >= 15 is 0 Å². The summed E-state index contributed by atoms with van der Waals surface area (Å²) in [4.78, 5) is 0. The van der Waals surface area contributed by atoms with Crippen molar-refractivity contribution in [3.63, 3.8) is 0 Å². The van der Waals surface area contributed by atoms with Crippen LogP contribution in [0, 0.1) is 0 Å². The predicted octanol–water partition coefficient (Wildman–Crippen LogP) is 2.37. The molecule has 0 spiro atoms. The van der Waals surface area contributed by atoms with Crippen LogP contribution < -0.4 is 10.1 Å². The van der Waals surface area contributed by atoms with Crippen LogP contribution >= 0.6 is 0 Å². The molecule has 114 valence electrons. The molecular formula is C13H19F2NO3S. The van der Waals surface area contributed by atoms with Crippen LogP contribution in [0.25, 0.3) is 0 Å². The first-order chi connectivity index (χ1) is 9.33. The van der Waals surface area contributed by atoms with Gasteiger partial charge in [0.05, 0.1) is 5.75 Å². The van der Waals surface area contributed by atoms with Gasteiger partial charge in [-0.25, -0.2) is 8.42 Å². The van der Waals surface area contributed by atoms with Crippen molar-refractivity contribution in [2.45, 2.75) is 26.0 Å². The van der Waals surface area contributed by atoms with E-state index in [0.29, 0.717) is 18.5 Å². The molecule has 0 saturated carbocycles. The van der Waals surface area contributed by atoms with Gasteiger partial charge >= 0.3 is 6.61 Å². The quantitative estimate of drug-likeness (QED) is 0.801. The van der Waals surface area contributed by atoms with E-state index in [4.69, 9.17) is 0 Å². The second kappa shape index (κ2) is 7.54. The predicted molar refractivity (Wildman–Crippen MR) is 73.8 cm³/mol. The number of benzene rings is 1. The molecule has 1 rings (SSSR count). The fraction of sp³-hybridized carbons (Fsp3) is 0.538. The molecule has 0 saturated heterocycles. The Bertz CT molecular complexity index is 520. The van der Waals surface area contributed by atoms with Gasteiger partial charge in [-0.1, -0.05) is 25.1 Å². The fourth-order valence-corrected chi connectivity index (χ4v) is 2.58. The Kier molecular flexibility index (Phi) is 6.35. The van der Waals surface area contributed by atoms with Gasteiger partial charge in [0.25, 0.3) is 0 Å². The van der Waals surface area contributed by atoms with Gasteiger partial charge in [0, 0.05) is 17.9 Å². The van der Waals surface area contributed by atoms with E-state index in [9.17, 15) is 17.2 Å². The Hall–Kier alpha value is -1.21. The van der Waals surface area contributed by atoms with Crippen molar-refractivity contribution in [1.29, 1.82) is 0 Å². The summed E-state index contributed by atoms with van der Waals surface area (Å²) in [6.45, 7) is -0.449. The number of rotatable bonds is 8. The van der Waals surface area contributed by atoms with E-state index in [1.165, 1.54) is 6.07 Å². The average molecular weight is 307 g/mol. The highest BCUT2D eigenvalue weighted by atomic mass is 32.2. The maximum Gasteiger partial charge on any atom is 0.387 e. The van der Waals surface area contributed by atoms with Crippen molar-refractivity contribution < 1.29 is 21.9 Å². The van der Waals surface area contributed by atoms with E-state index in [1.54, 1.807) is 18.2 Å². The molecule has 0 bridgehead atoms. The van der Waals surface area contributed by atoms with E-state index in [0.717, 1.165) is 6.26 Å². The van der Waals surface area contributed by atoms with E-state index in [-0.39, 0.29) is 17.5 Å². The number of hydrogen-bond donors (Lipinski definition) is 1. The molecule has 0 aliphatic carbocycles. The smallest absolute Gasteiger partial charge is 0.387 e. The Morgan fingerprint density at radius 3 is 2.50 bits per heavy atom. The van der Waals surface area contributed by atoms with Crippen molar-refractivity contribution in [2.75, 3.05) is 18.6 Å². The number of alkyl halides is 2. The van der Waals surface area contributed by atoms with Crippen LogP contribution in [-0.2, 0) is 9.84 Å². The number of sulfone groups is 1. The topological polar surface area (TPSA) is 55.4 Å². The van der Waals surface area contributed by atoms with Gasteiger partial charge in [0.15, 0.2) is 0 Å². The molecule has 0 heterocycles. The van der Waals surface area contributed by atoms with Crippen LogP contribution in [0.1, 0.15) is 24.9 Å². The summed E-state index contributed by atoms with van der Waals surface area (Å²) in [5, 5.41) is 3.10. The summed E-state index contributed by atoms with van der Waals surface area (Å²) < 4.78 is 51.8. The van der Waals surface area contributed by atoms with Gasteiger partial charge < -0.3 is 10.1 Å². The molecule has 0 amide bonds. The molecule has 0 aliphatic rings. The summed E-state index contributed by atoms with van der Waals surface area (Å²) >= 11 is 0. The number of ether oxygens (including phenoxy) is 1. The number of hydrogen-bond acceptors (Lipinski definition) is 4. The standard InChI is InChI=1S/C13H19F2NO3S/c1-3-16-11(8-9-20(2,17)18)10-6-4-5-7-12(10)19-13(14)15/h4-7,11,13,16H,3,8-9H2,1-2H3. The van der Waals surface area contributed by atoms with Crippen LogP contribution in [-0.4, -0.2) is 33.6 Å². The second-order valence-corrected chi connectivity index (χ2v) is 6.70. The lowest BCUT2D eigenvalue weighted by Crippen LogP contribution is -2.24. The summed E-state index contributed by atoms with van der Waals surface area (Å²) in [7, 11) is -3.11. The van der Waals surface area contributed by atoms with Gasteiger partial charge in [-0.3, -0.25) is 0 Å². The third-order valence-corrected chi connectivity index (χ3v) is 3.72. The SMILES string of the molecule is CCNC(CCS(C)(=O)=O)c1ccccc1OC(F)F. The monoisotopic (exact) mass is 307 g/mol. The van der Waals surface area contributed by atoms with Crippen LogP contribution in [0.15, 0.2) is 24.3 Å². The van der Waals surface area contributed by atoms with Crippen molar-refractivity contribution in [1.82, 2.24) is 5.32 Å². The maximum absolute atomic E-state index is 12.4. The van der Waals surface area contributed by atoms with Gasteiger partial charge in [-0.2, -0.15) is 8.78 Å². The third-order valence-electron chi connectivity index (χ3n) is 2.74. The summed E-state index contributed by atoms with van der Waals surface area (Å²) in [6.07, 6.45) is 1.45. The third kappa shape index (κ3) is 5.83. The second-order valence-electron chi connectivity index (χ2n) is 4.45. The normalized spacial score (nSPS) is 13.4. The summed E-state index contributed by atoms with van der Waals surface area (Å²) in [5.41, 5.74) is 0.540. The first-order valence-corrected chi connectivity index (χ1v) is 8.34. The summed E-state index contributed by atoms with van der Waals surface area (Å²) in [6, 6.07) is 6.07. The molecule has 1 aromatic carbocycles. The highest BCUT2D eigenvalue weighted by Crippen LogP contribution is 2.28. The van der Waals surface area contributed by atoms with Crippen LogP contribution in [0.5, 0.6) is 5.75 Å². The lowest BCUT2D eigenvalue weighted by atomic mass is 10.0. The molecule has 0 fully saturated rings. The molecule has 0 radical (unpaired) electrons. The first kappa shape index (κ1) is 16.8. The fourth-order valence-electron chi connectivity index (χ4n) is 1.92. The minimum atomic E-state index is -3.11. The molecule has 1 aromatic rings. The van der Waals surface area contributed by atoms with Gasteiger partial charge in [-0.15, -0.1) is 0 Å². The molecule has 20 heavy (non-hydrogen) atoms. The lowest BCUT2D eigenvalue weighted by molar-refractivity contribution is -0.0507. The van der Waals surface area contributed by atoms with Gasteiger partial charge in [0.2, 0.25) is 0 Å². The Morgan fingerprint density at radius 1 is 1.30 bits per heavy atom. The van der Waals surface area contributed by atoms with Crippen molar-refractivity contribution in [3.8, 4) is 5.75 Å². The van der Waals surface area contributed by atoms with E-state index in [1.807, 2.05) is 6.92 Å². The molecule has 4 nitrogen and oxygen atoms in total. The molecule has 1 N–H and O–H groups in total. The van der Waals surface area contributed by atoms with Crippen LogP contribution in [0.3, 0.4) is 0 Å². The van der Waals surface area contributed by atoms with Crippen molar-refractivity contribution in [2.24, 2.45) is 0 Å². The van der Waals surface area contributed by atoms with Crippen molar-refractivity contribution in [3.05, 3.63) is 29.8 Å². The molecule has 0 aliphatic heterocycles. The van der Waals surface area contributed by atoms with Crippen LogP contribution in [0.4, 0.5) is 8.78 Å². The Labute approximate surface area is 118 Å². The van der Waals surface area contributed by atoms with Gasteiger partial charge in [-0.05, 0) is 19.0 Å². The number of para-hydroxylation sites is 1. The largest absolute Gasteiger partial charge is 0.434 e. The zero-order valence-electron chi connectivity index (χ0n) is 11.5. The van der Waals surface area contributed by atoms with E-state index < -0.39 is 16.4 Å². The highest BCUT2D eigenvalue weighted by Gasteiger charge is 2.19. The molecular weight excluding hydrogens is 288 g/mol. The Balaban J connectivity index is 2.95. The lowest BCUT2D eigenvalue weighted by Gasteiger charge is -2.21. The van der Waals surface area contributed by atoms with Gasteiger partial charge in [0.1, 0.15) is 15.6 Å². The molecule has 0 aromatic heterocycles. The average Bonchev–Trinajstić information content (AvgIpc) is 2.33. The Morgan fingerprint density at radius 2 is 1.95 bits per heavy atom. The zero-order valence-corrected chi connectivity index (χ0v) is 12.3.